The van der Waals surface area contributed by atoms with Gasteiger partial charge in [-0.15, -0.1) is 6.42 Å². The highest BCUT2D eigenvalue weighted by molar-refractivity contribution is 6.49. The summed E-state index contributed by atoms with van der Waals surface area (Å²) in [5, 5.41) is 9.86. The highest BCUT2D eigenvalue weighted by Crippen LogP contribution is 2.43. The summed E-state index contributed by atoms with van der Waals surface area (Å²) >= 11 is 0. The van der Waals surface area contributed by atoms with Gasteiger partial charge in [-0.25, -0.2) is 10.2 Å². The van der Waals surface area contributed by atoms with E-state index in [1.165, 1.54) is 7.11 Å². The van der Waals surface area contributed by atoms with E-state index in [1.807, 2.05) is 0 Å². The number of dihydropyridines is 1. The standard InChI is InChI=1S/C30H28N4O6/c1-6-18-8-13-23(39-5)21(14-18)27-25(16(3)31-17(4)26(27)30(38)40-7-2)29(37)32-20-11-9-19(10-12-20)28-22(35)15-24(36)33-34-28/h1,8-14,27,31H,7,15H2,2-5H3,(H,32,37)(H,33,36). The fourth-order valence-corrected chi connectivity index (χ4v) is 4.72. The van der Waals surface area contributed by atoms with Gasteiger partial charge in [0.15, 0.2) is 5.78 Å². The molecule has 4 rings (SSSR count). The van der Waals surface area contributed by atoms with E-state index in [0.29, 0.717) is 39.5 Å². The Morgan fingerprint density at radius 2 is 1.80 bits per heavy atom. The first kappa shape index (κ1) is 27.9. The summed E-state index contributed by atoms with van der Waals surface area (Å²) in [5.74, 6) is 0.300. The van der Waals surface area contributed by atoms with Crippen LogP contribution in [0, 0.1) is 12.3 Å². The van der Waals surface area contributed by atoms with Crippen LogP contribution in [0.15, 0.2) is 70.1 Å². The minimum Gasteiger partial charge on any atom is -0.496 e. The normalized spacial score (nSPS) is 16.9. The van der Waals surface area contributed by atoms with E-state index in [9.17, 15) is 19.2 Å². The Hall–Kier alpha value is -5.17. The van der Waals surface area contributed by atoms with Crippen LogP contribution in [0.25, 0.3) is 0 Å². The van der Waals surface area contributed by atoms with Crippen LogP contribution in [0.5, 0.6) is 5.75 Å². The first-order chi connectivity index (χ1) is 19.2. The number of amides is 2. The second-order valence-corrected chi connectivity index (χ2v) is 9.08. The number of anilines is 1. The van der Waals surface area contributed by atoms with Gasteiger partial charge in [0.1, 0.15) is 11.5 Å². The summed E-state index contributed by atoms with van der Waals surface area (Å²) < 4.78 is 11.0. The van der Waals surface area contributed by atoms with Crippen LogP contribution >= 0.6 is 0 Å². The molecule has 2 aliphatic rings. The zero-order valence-electron chi connectivity index (χ0n) is 22.5. The number of carbonyl (C=O) groups excluding carboxylic acids is 4. The fraction of sp³-hybridized carbons (Fsp3) is 0.233. The third-order valence-electron chi connectivity index (χ3n) is 6.50. The average molecular weight is 541 g/mol. The number of nitrogens with zero attached hydrogens (tertiary/aromatic N) is 1. The van der Waals surface area contributed by atoms with Gasteiger partial charge in [-0.3, -0.25) is 14.4 Å². The predicted molar refractivity (Wildman–Crippen MR) is 148 cm³/mol. The molecule has 0 bridgehead atoms. The highest BCUT2D eigenvalue weighted by Gasteiger charge is 2.39. The third kappa shape index (κ3) is 5.49. The van der Waals surface area contributed by atoms with Crippen molar-refractivity contribution in [1.82, 2.24) is 10.7 Å². The van der Waals surface area contributed by atoms with Crippen molar-refractivity contribution in [2.75, 3.05) is 19.0 Å². The van der Waals surface area contributed by atoms with Crippen LogP contribution in [0.4, 0.5) is 5.69 Å². The number of esters is 1. The SMILES string of the molecule is C#Cc1ccc(OC)c(C2C(C(=O)Nc3ccc(C4=NNC(=O)CC4=O)cc3)=C(C)NC(C)=C2C(=O)OCC)c1. The highest BCUT2D eigenvalue weighted by atomic mass is 16.5. The number of ether oxygens (including phenoxy) is 2. The van der Waals surface area contributed by atoms with Gasteiger partial charge in [0, 0.05) is 39.3 Å². The molecule has 2 aromatic rings. The topological polar surface area (TPSA) is 135 Å². The zero-order chi connectivity index (χ0) is 29.0. The summed E-state index contributed by atoms with van der Waals surface area (Å²) in [6.07, 6.45) is 5.39. The molecule has 0 fully saturated rings. The van der Waals surface area contributed by atoms with E-state index >= 15 is 0 Å². The molecule has 0 saturated carbocycles. The molecule has 2 aliphatic heterocycles. The molecule has 204 valence electrons. The number of hydrogen-bond acceptors (Lipinski definition) is 8. The molecule has 0 spiro atoms. The zero-order valence-corrected chi connectivity index (χ0v) is 22.5. The Balaban J connectivity index is 1.73. The molecular formula is C30H28N4O6. The van der Waals surface area contributed by atoms with Crippen molar-refractivity contribution in [2.45, 2.75) is 33.1 Å². The fourth-order valence-electron chi connectivity index (χ4n) is 4.72. The van der Waals surface area contributed by atoms with Gasteiger partial charge in [-0.05, 0) is 51.1 Å². The monoisotopic (exact) mass is 540 g/mol. The van der Waals surface area contributed by atoms with Gasteiger partial charge in [-0.1, -0.05) is 18.1 Å². The lowest BCUT2D eigenvalue weighted by atomic mass is 9.79. The molecule has 3 N–H and O–H groups in total. The second kappa shape index (κ2) is 11.7. The number of terminal acetylenes is 1. The smallest absolute Gasteiger partial charge is 0.336 e. The van der Waals surface area contributed by atoms with E-state index < -0.39 is 29.5 Å². The predicted octanol–water partition coefficient (Wildman–Crippen LogP) is 2.91. The van der Waals surface area contributed by atoms with Crippen molar-refractivity contribution < 1.29 is 28.7 Å². The van der Waals surface area contributed by atoms with E-state index in [2.05, 4.69) is 27.1 Å². The van der Waals surface area contributed by atoms with Crippen LogP contribution in [-0.4, -0.2) is 43.0 Å². The Bertz CT molecular complexity index is 1540. The Morgan fingerprint density at radius 1 is 1.10 bits per heavy atom. The summed E-state index contributed by atoms with van der Waals surface area (Å²) in [7, 11) is 1.50. The third-order valence-corrected chi connectivity index (χ3v) is 6.50. The maximum Gasteiger partial charge on any atom is 0.336 e. The largest absolute Gasteiger partial charge is 0.496 e. The van der Waals surface area contributed by atoms with E-state index in [0.717, 1.165) is 0 Å². The Morgan fingerprint density at radius 3 is 2.42 bits per heavy atom. The molecule has 0 saturated heterocycles. The number of hydrogen-bond donors (Lipinski definition) is 3. The maximum absolute atomic E-state index is 13.8. The van der Waals surface area contributed by atoms with Crippen LogP contribution in [-0.2, 0) is 23.9 Å². The molecule has 40 heavy (non-hydrogen) atoms. The van der Waals surface area contributed by atoms with Crippen LogP contribution in [0.2, 0.25) is 0 Å². The van der Waals surface area contributed by atoms with Gasteiger partial charge in [-0.2, -0.15) is 5.10 Å². The van der Waals surface area contributed by atoms with Crippen molar-refractivity contribution in [3.63, 3.8) is 0 Å². The number of benzene rings is 2. The number of rotatable bonds is 7. The lowest BCUT2D eigenvalue weighted by Crippen LogP contribution is -2.34. The number of nitrogens with one attached hydrogen (secondary N) is 3. The van der Waals surface area contributed by atoms with E-state index in [4.69, 9.17) is 15.9 Å². The van der Waals surface area contributed by atoms with Crippen molar-refractivity contribution >= 4 is 35.0 Å². The van der Waals surface area contributed by atoms with Crippen molar-refractivity contribution in [3.05, 3.63) is 81.7 Å². The molecule has 2 heterocycles. The number of methoxy groups -OCH3 is 1. The second-order valence-electron chi connectivity index (χ2n) is 9.08. The molecule has 2 aromatic carbocycles. The molecule has 10 nitrogen and oxygen atoms in total. The molecule has 0 aromatic heterocycles. The van der Waals surface area contributed by atoms with E-state index in [-0.39, 0.29) is 29.9 Å². The van der Waals surface area contributed by atoms with Crippen molar-refractivity contribution in [2.24, 2.45) is 5.10 Å². The molecule has 0 aliphatic carbocycles. The first-order valence-electron chi connectivity index (χ1n) is 12.5. The molecule has 1 atom stereocenters. The number of carbonyl (C=O) groups is 4. The van der Waals surface area contributed by atoms with Crippen LogP contribution in [0.3, 0.4) is 0 Å². The van der Waals surface area contributed by atoms with Crippen molar-refractivity contribution in [3.8, 4) is 18.1 Å². The minimum atomic E-state index is -0.847. The maximum atomic E-state index is 13.8. The average Bonchev–Trinajstić information content (AvgIpc) is 2.92. The van der Waals surface area contributed by atoms with Crippen LogP contribution in [0.1, 0.15) is 49.8 Å². The number of allylic oxidation sites excluding steroid dienone is 2. The summed E-state index contributed by atoms with van der Waals surface area (Å²) in [6, 6.07) is 11.6. The number of Topliss-reactive ketones (excluding diaryl/α,β-unsaturated/α-hetero) is 1. The van der Waals surface area contributed by atoms with Gasteiger partial charge in [0.05, 0.1) is 31.6 Å². The Labute approximate surface area is 231 Å². The molecular weight excluding hydrogens is 512 g/mol. The molecule has 0 radical (unpaired) electrons. The summed E-state index contributed by atoms with van der Waals surface area (Å²) in [5.41, 5.74) is 6.08. The first-order valence-corrected chi connectivity index (χ1v) is 12.5. The lowest BCUT2D eigenvalue weighted by molar-refractivity contribution is -0.139. The molecule has 1 unspecified atom stereocenters. The quantitative estimate of drug-likeness (QED) is 0.279. The Kier molecular flexibility index (Phi) is 8.15. The number of ketones is 1. The minimum absolute atomic E-state index is 0.132. The lowest BCUT2D eigenvalue weighted by Gasteiger charge is -2.31. The molecule has 10 heteroatoms. The van der Waals surface area contributed by atoms with Gasteiger partial charge in [0.25, 0.3) is 5.91 Å². The van der Waals surface area contributed by atoms with Gasteiger partial charge in [0.2, 0.25) is 5.91 Å². The summed E-state index contributed by atoms with van der Waals surface area (Å²) in [6.45, 7) is 5.34. The van der Waals surface area contributed by atoms with Crippen LogP contribution < -0.4 is 20.8 Å². The van der Waals surface area contributed by atoms with Crippen molar-refractivity contribution in [1.29, 1.82) is 0 Å². The number of hydrazone groups is 1. The van der Waals surface area contributed by atoms with Gasteiger partial charge >= 0.3 is 5.97 Å². The molecule has 2 amide bonds. The van der Waals surface area contributed by atoms with E-state index in [1.54, 1.807) is 63.2 Å². The summed E-state index contributed by atoms with van der Waals surface area (Å²) in [4.78, 5) is 50.6. The van der Waals surface area contributed by atoms with Gasteiger partial charge < -0.3 is 20.1 Å².